The first-order valence-electron chi connectivity index (χ1n) is 6.61. The van der Waals surface area contributed by atoms with Crippen LogP contribution in [0, 0.1) is 5.82 Å². The standard InChI is InChI=1S/C16H16BrFN2O2/c1-22-9-11-5-3-2-4-10(11)8-20-14-7-12(17)6-13(18)15(14)16(19)21/h2-7,20H,8-9H2,1H3,(H2,19,21). The summed E-state index contributed by atoms with van der Waals surface area (Å²) in [6, 6.07) is 10.6. The SMILES string of the molecule is COCc1ccccc1CNc1cc(Br)cc(F)c1C(N)=O. The van der Waals surface area contributed by atoms with E-state index in [4.69, 9.17) is 10.5 Å². The molecule has 0 spiro atoms. The second-order valence-corrected chi connectivity index (χ2v) is 5.65. The summed E-state index contributed by atoms with van der Waals surface area (Å²) in [5, 5.41) is 3.06. The van der Waals surface area contributed by atoms with E-state index in [1.807, 2.05) is 24.3 Å². The predicted molar refractivity (Wildman–Crippen MR) is 87.1 cm³/mol. The number of benzene rings is 2. The van der Waals surface area contributed by atoms with Crippen molar-refractivity contribution in [1.29, 1.82) is 0 Å². The van der Waals surface area contributed by atoms with Gasteiger partial charge in [-0.05, 0) is 23.3 Å². The molecule has 2 rings (SSSR count). The number of hydrogen-bond acceptors (Lipinski definition) is 3. The average molecular weight is 367 g/mol. The molecule has 6 heteroatoms. The molecule has 0 aromatic heterocycles. The normalized spacial score (nSPS) is 10.5. The fourth-order valence-electron chi connectivity index (χ4n) is 2.18. The molecule has 0 heterocycles. The first-order valence-corrected chi connectivity index (χ1v) is 7.40. The lowest BCUT2D eigenvalue weighted by atomic mass is 10.1. The van der Waals surface area contributed by atoms with E-state index in [9.17, 15) is 9.18 Å². The van der Waals surface area contributed by atoms with Gasteiger partial charge in [0.1, 0.15) is 5.82 Å². The van der Waals surface area contributed by atoms with E-state index >= 15 is 0 Å². The van der Waals surface area contributed by atoms with Gasteiger partial charge in [-0.15, -0.1) is 0 Å². The average Bonchev–Trinajstić information content (AvgIpc) is 2.45. The molecule has 0 aliphatic rings. The van der Waals surface area contributed by atoms with Crippen molar-refractivity contribution < 1.29 is 13.9 Å². The summed E-state index contributed by atoms with van der Waals surface area (Å²) in [5.41, 5.74) is 7.49. The molecule has 2 aromatic rings. The van der Waals surface area contributed by atoms with E-state index in [1.165, 1.54) is 6.07 Å². The number of anilines is 1. The molecular weight excluding hydrogens is 351 g/mol. The van der Waals surface area contributed by atoms with Crippen molar-refractivity contribution in [3.05, 3.63) is 63.4 Å². The van der Waals surface area contributed by atoms with Gasteiger partial charge in [-0.2, -0.15) is 0 Å². The van der Waals surface area contributed by atoms with Crippen molar-refractivity contribution in [2.45, 2.75) is 13.2 Å². The molecule has 0 saturated carbocycles. The lowest BCUT2D eigenvalue weighted by Gasteiger charge is -2.14. The van der Waals surface area contributed by atoms with Gasteiger partial charge < -0.3 is 15.8 Å². The molecule has 116 valence electrons. The molecule has 0 aliphatic carbocycles. The Morgan fingerprint density at radius 2 is 2.00 bits per heavy atom. The number of carbonyl (C=O) groups is 1. The minimum atomic E-state index is -0.808. The summed E-state index contributed by atoms with van der Waals surface area (Å²) >= 11 is 3.21. The van der Waals surface area contributed by atoms with Crippen LogP contribution in [0.3, 0.4) is 0 Å². The molecule has 0 radical (unpaired) electrons. The Kier molecular flexibility index (Phi) is 5.51. The van der Waals surface area contributed by atoms with Gasteiger partial charge in [0.2, 0.25) is 0 Å². The van der Waals surface area contributed by atoms with E-state index < -0.39 is 11.7 Å². The highest BCUT2D eigenvalue weighted by molar-refractivity contribution is 9.10. The Hall–Kier alpha value is -1.92. The Morgan fingerprint density at radius 1 is 1.32 bits per heavy atom. The van der Waals surface area contributed by atoms with Crippen LogP contribution in [0.25, 0.3) is 0 Å². The van der Waals surface area contributed by atoms with E-state index in [0.29, 0.717) is 23.3 Å². The van der Waals surface area contributed by atoms with E-state index in [2.05, 4.69) is 21.2 Å². The van der Waals surface area contributed by atoms with E-state index in [0.717, 1.165) is 11.1 Å². The zero-order valence-corrected chi connectivity index (χ0v) is 13.6. The number of halogens is 2. The molecule has 2 aromatic carbocycles. The number of hydrogen-bond donors (Lipinski definition) is 2. The van der Waals surface area contributed by atoms with E-state index in [-0.39, 0.29) is 5.56 Å². The molecule has 4 nitrogen and oxygen atoms in total. The van der Waals surface area contributed by atoms with Crippen LogP contribution in [0.1, 0.15) is 21.5 Å². The van der Waals surface area contributed by atoms with Crippen molar-refractivity contribution in [1.82, 2.24) is 0 Å². The predicted octanol–water partition coefficient (Wildman–Crippen LogP) is 3.45. The monoisotopic (exact) mass is 366 g/mol. The number of nitrogens with two attached hydrogens (primary N) is 1. The third kappa shape index (κ3) is 3.84. The fourth-order valence-corrected chi connectivity index (χ4v) is 2.61. The van der Waals surface area contributed by atoms with Crippen LogP contribution < -0.4 is 11.1 Å². The minimum Gasteiger partial charge on any atom is -0.380 e. The van der Waals surface area contributed by atoms with Crippen LogP contribution in [0.2, 0.25) is 0 Å². The van der Waals surface area contributed by atoms with Crippen LogP contribution in [0.4, 0.5) is 10.1 Å². The third-order valence-electron chi connectivity index (χ3n) is 3.19. The van der Waals surface area contributed by atoms with Gasteiger partial charge >= 0.3 is 0 Å². The Bertz CT molecular complexity index is 692. The third-order valence-corrected chi connectivity index (χ3v) is 3.65. The smallest absolute Gasteiger partial charge is 0.253 e. The summed E-state index contributed by atoms with van der Waals surface area (Å²) in [6.07, 6.45) is 0. The summed E-state index contributed by atoms with van der Waals surface area (Å²) < 4.78 is 19.6. The molecular formula is C16H16BrFN2O2. The second-order valence-electron chi connectivity index (χ2n) is 4.73. The van der Waals surface area contributed by atoms with Gasteiger partial charge in [-0.3, -0.25) is 4.79 Å². The van der Waals surface area contributed by atoms with Gasteiger partial charge in [0.15, 0.2) is 0 Å². The van der Waals surface area contributed by atoms with Crippen molar-refractivity contribution in [3.8, 4) is 0 Å². The number of methoxy groups -OCH3 is 1. The molecule has 3 N–H and O–H groups in total. The lowest BCUT2D eigenvalue weighted by molar-refractivity contribution is 0.0997. The number of primary amides is 1. The summed E-state index contributed by atoms with van der Waals surface area (Å²) in [4.78, 5) is 11.4. The van der Waals surface area contributed by atoms with Crippen molar-refractivity contribution >= 4 is 27.5 Å². The Balaban J connectivity index is 2.27. The second kappa shape index (κ2) is 7.38. The molecule has 0 unspecified atom stereocenters. The van der Waals surface area contributed by atoms with Gasteiger partial charge in [0.25, 0.3) is 5.91 Å². The topological polar surface area (TPSA) is 64.3 Å². The van der Waals surface area contributed by atoms with Crippen LogP contribution in [-0.2, 0) is 17.9 Å². The van der Waals surface area contributed by atoms with Crippen molar-refractivity contribution in [2.24, 2.45) is 5.73 Å². The zero-order valence-electron chi connectivity index (χ0n) is 12.0. The molecule has 22 heavy (non-hydrogen) atoms. The molecule has 0 aliphatic heterocycles. The quantitative estimate of drug-likeness (QED) is 0.822. The van der Waals surface area contributed by atoms with Crippen LogP contribution in [0.5, 0.6) is 0 Å². The number of ether oxygens (including phenoxy) is 1. The summed E-state index contributed by atoms with van der Waals surface area (Å²) in [6.45, 7) is 0.906. The summed E-state index contributed by atoms with van der Waals surface area (Å²) in [5.74, 6) is -1.47. The molecule has 0 fully saturated rings. The number of amides is 1. The van der Waals surface area contributed by atoms with Gasteiger partial charge in [-0.25, -0.2) is 4.39 Å². The van der Waals surface area contributed by atoms with Crippen LogP contribution in [-0.4, -0.2) is 13.0 Å². The largest absolute Gasteiger partial charge is 0.380 e. The minimum absolute atomic E-state index is 0.146. The zero-order chi connectivity index (χ0) is 16.1. The number of nitrogens with one attached hydrogen (secondary N) is 1. The van der Waals surface area contributed by atoms with Crippen molar-refractivity contribution in [2.75, 3.05) is 12.4 Å². The maximum Gasteiger partial charge on any atom is 0.253 e. The maximum atomic E-state index is 13.9. The molecule has 0 atom stereocenters. The van der Waals surface area contributed by atoms with Crippen LogP contribution in [0.15, 0.2) is 40.9 Å². The first kappa shape index (κ1) is 16.5. The highest BCUT2D eigenvalue weighted by atomic mass is 79.9. The molecule has 0 saturated heterocycles. The Morgan fingerprint density at radius 3 is 2.64 bits per heavy atom. The van der Waals surface area contributed by atoms with Gasteiger partial charge in [0.05, 0.1) is 17.9 Å². The highest BCUT2D eigenvalue weighted by Gasteiger charge is 2.15. The van der Waals surface area contributed by atoms with E-state index in [1.54, 1.807) is 13.2 Å². The maximum absolute atomic E-state index is 13.9. The van der Waals surface area contributed by atoms with Gasteiger partial charge in [0, 0.05) is 18.1 Å². The van der Waals surface area contributed by atoms with Gasteiger partial charge in [-0.1, -0.05) is 40.2 Å². The Labute approximate surface area is 136 Å². The number of rotatable bonds is 6. The highest BCUT2D eigenvalue weighted by Crippen LogP contribution is 2.25. The summed E-state index contributed by atoms with van der Waals surface area (Å²) in [7, 11) is 1.62. The van der Waals surface area contributed by atoms with Crippen LogP contribution >= 0.6 is 15.9 Å². The molecule has 0 bridgehead atoms. The molecule has 1 amide bonds. The first-order chi connectivity index (χ1) is 10.5. The fraction of sp³-hybridized carbons (Fsp3) is 0.188. The lowest BCUT2D eigenvalue weighted by Crippen LogP contribution is -2.17. The van der Waals surface area contributed by atoms with Crippen molar-refractivity contribution in [3.63, 3.8) is 0 Å². The number of carbonyl (C=O) groups excluding carboxylic acids is 1.